The van der Waals surface area contributed by atoms with Gasteiger partial charge in [0.15, 0.2) is 5.82 Å². The third kappa shape index (κ3) is 1.99. The van der Waals surface area contributed by atoms with Crippen molar-refractivity contribution in [1.29, 1.82) is 0 Å². The maximum absolute atomic E-state index is 13.7. The second-order valence-electron chi connectivity index (χ2n) is 7.39. The van der Waals surface area contributed by atoms with Gasteiger partial charge in [0, 0.05) is 12.1 Å². The zero-order valence-corrected chi connectivity index (χ0v) is 13.2. The fourth-order valence-electron chi connectivity index (χ4n) is 4.53. The lowest BCUT2D eigenvalue weighted by atomic mass is 9.88. The minimum absolute atomic E-state index is 0.196. The maximum Gasteiger partial charge on any atom is 0.231 e. The molecule has 4 nitrogen and oxygen atoms in total. The fraction of sp³-hybridized carbons (Fsp3) is 0.556. The molecule has 0 spiro atoms. The Bertz CT molecular complexity index is 767. The third-order valence-electron chi connectivity index (χ3n) is 5.95. The second kappa shape index (κ2) is 4.63. The Kier molecular flexibility index (Phi) is 2.75. The molecule has 1 aliphatic carbocycles. The average Bonchev–Trinajstić information content (AvgIpc) is 2.96. The molecule has 1 aromatic carbocycles. The first-order valence-electron chi connectivity index (χ1n) is 8.52. The van der Waals surface area contributed by atoms with Gasteiger partial charge in [-0.25, -0.2) is 4.39 Å². The molecule has 2 saturated heterocycles. The summed E-state index contributed by atoms with van der Waals surface area (Å²) in [5, 5.41) is 7.90. The molecule has 120 valence electrons. The molecule has 23 heavy (non-hydrogen) atoms. The lowest BCUT2D eigenvalue weighted by Gasteiger charge is -2.16. The van der Waals surface area contributed by atoms with Crippen LogP contribution in [-0.2, 0) is 5.41 Å². The molecule has 5 rings (SSSR count). The normalized spacial score (nSPS) is 30.8. The number of aromatic nitrogens is 2. The molecular formula is C18H20FN3O. The van der Waals surface area contributed by atoms with Crippen LogP contribution in [0.2, 0.25) is 0 Å². The van der Waals surface area contributed by atoms with E-state index in [0.29, 0.717) is 18.0 Å². The highest BCUT2D eigenvalue weighted by Crippen LogP contribution is 2.53. The topological polar surface area (TPSA) is 51.0 Å². The monoisotopic (exact) mass is 313 g/mol. The van der Waals surface area contributed by atoms with E-state index in [0.717, 1.165) is 42.1 Å². The molecule has 1 N–H and O–H groups in total. The Balaban J connectivity index is 1.49. The zero-order chi connectivity index (χ0) is 15.6. The number of aryl methyl sites for hydroxylation is 1. The molecule has 3 atom stereocenters. The maximum atomic E-state index is 13.7. The summed E-state index contributed by atoms with van der Waals surface area (Å²) in [7, 11) is 0. The Labute approximate surface area is 134 Å². The number of fused-ring (bicyclic) bond motifs is 2. The van der Waals surface area contributed by atoms with E-state index in [9.17, 15) is 4.39 Å². The summed E-state index contributed by atoms with van der Waals surface area (Å²) >= 11 is 0. The van der Waals surface area contributed by atoms with Crippen LogP contribution < -0.4 is 5.32 Å². The summed E-state index contributed by atoms with van der Waals surface area (Å²) in [6.07, 6.45) is 5.48. The summed E-state index contributed by atoms with van der Waals surface area (Å²) in [5.41, 5.74) is 1.87. The van der Waals surface area contributed by atoms with E-state index in [-0.39, 0.29) is 11.2 Å². The lowest BCUT2D eigenvalue weighted by Crippen LogP contribution is -2.22. The van der Waals surface area contributed by atoms with Gasteiger partial charge in [-0.3, -0.25) is 0 Å². The van der Waals surface area contributed by atoms with Gasteiger partial charge in [0.05, 0.1) is 11.3 Å². The first-order chi connectivity index (χ1) is 11.2. The van der Waals surface area contributed by atoms with E-state index in [2.05, 4.69) is 10.5 Å². The summed E-state index contributed by atoms with van der Waals surface area (Å²) in [4.78, 5) is 4.75. The van der Waals surface area contributed by atoms with Crippen LogP contribution >= 0.6 is 0 Å². The van der Waals surface area contributed by atoms with E-state index in [4.69, 9.17) is 9.51 Å². The highest BCUT2D eigenvalue weighted by atomic mass is 19.1. The zero-order valence-electron chi connectivity index (χ0n) is 13.2. The Morgan fingerprint density at radius 2 is 2.17 bits per heavy atom. The van der Waals surface area contributed by atoms with E-state index in [1.165, 1.54) is 18.9 Å². The standard InChI is InChI=1S/C18H20FN3O/c1-10-2-3-11(19)8-14(10)18(6-7-18)17-21-16(23-22-17)13-9-12-4-5-15(13)20-12/h2-3,8,12-13,15,20H,4-7,9H2,1H3/t12-,13+,15+/m0/s1. The fourth-order valence-corrected chi connectivity index (χ4v) is 4.53. The van der Waals surface area contributed by atoms with Gasteiger partial charge in [-0.2, -0.15) is 4.98 Å². The van der Waals surface area contributed by atoms with E-state index in [1.807, 2.05) is 13.0 Å². The predicted octanol–water partition coefficient (Wildman–Crippen LogP) is 3.20. The number of nitrogens with one attached hydrogen (secondary N) is 1. The van der Waals surface area contributed by atoms with Crippen molar-refractivity contribution in [3.8, 4) is 0 Å². The molecule has 0 amide bonds. The van der Waals surface area contributed by atoms with Gasteiger partial charge in [0.25, 0.3) is 0 Å². The van der Waals surface area contributed by atoms with Crippen molar-refractivity contribution in [3.05, 3.63) is 46.9 Å². The largest absolute Gasteiger partial charge is 0.339 e. The molecule has 2 bridgehead atoms. The van der Waals surface area contributed by atoms with Crippen LogP contribution in [-0.4, -0.2) is 22.2 Å². The second-order valence-corrected chi connectivity index (χ2v) is 7.39. The Morgan fingerprint density at radius 1 is 1.30 bits per heavy atom. The summed E-state index contributed by atoms with van der Waals surface area (Å²) in [5.74, 6) is 1.65. The van der Waals surface area contributed by atoms with Crippen LogP contribution in [0.15, 0.2) is 22.7 Å². The number of nitrogens with zero attached hydrogens (tertiary/aromatic N) is 2. The van der Waals surface area contributed by atoms with Crippen molar-refractivity contribution in [2.45, 2.75) is 62.4 Å². The molecule has 3 heterocycles. The van der Waals surface area contributed by atoms with Gasteiger partial charge < -0.3 is 9.84 Å². The van der Waals surface area contributed by atoms with Crippen molar-refractivity contribution >= 4 is 0 Å². The van der Waals surface area contributed by atoms with Crippen LogP contribution in [0.1, 0.15) is 60.9 Å². The first-order valence-corrected chi connectivity index (χ1v) is 8.52. The van der Waals surface area contributed by atoms with E-state index in [1.54, 1.807) is 6.07 Å². The van der Waals surface area contributed by atoms with Crippen LogP contribution in [0.3, 0.4) is 0 Å². The third-order valence-corrected chi connectivity index (χ3v) is 5.95. The van der Waals surface area contributed by atoms with Gasteiger partial charge in [-0.05, 0) is 62.3 Å². The molecule has 1 saturated carbocycles. The molecule has 3 aliphatic rings. The molecule has 5 heteroatoms. The van der Waals surface area contributed by atoms with Gasteiger partial charge in [0.2, 0.25) is 5.89 Å². The number of rotatable bonds is 3. The number of halogens is 1. The number of hydrogen-bond donors (Lipinski definition) is 1. The van der Waals surface area contributed by atoms with Crippen LogP contribution in [0.4, 0.5) is 4.39 Å². The lowest BCUT2D eigenvalue weighted by molar-refractivity contribution is 0.325. The predicted molar refractivity (Wildman–Crippen MR) is 82.8 cm³/mol. The van der Waals surface area contributed by atoms with Gasteiger partial charge in [-0.1, -0.05) is 11.2 Å². The Hall–Kier alpha value is -1.75. The highest BCUT2D eigenvalue weighted by Gasteiger charge is 2.52. The molecule has 2 aromatic rings. The van der Waals surface area contributed by atoms with Crippen molar-refractivity contribution in [2.24, 2.45) is 0 Å². The molecule has 2 aliphatic heterocycles. The highest BCUT2D eigenvalue weighted by molar-refractivity contribution is 5.44. The smallest absolute Gasteiger partial charge is 0.231 e. The SMILES string of the molecule is Cc1ccc(F)cc1C1(c2noc([C@@H]3C[C@@H]4CC[C@H]3N4)n2)CC1. The summed E-state index contributed by atoms with van der Waals surface area (Å²) in [6.45, 7) is 2.02. The van der Waals surface area contributed by atoms with Crippen molar-refractivity contribution in [3.63, 3.8) is 0 Å². The molecule has 0 unspecified atom stereocenters. The number of hydrogen-bond acceptors (Lipinski definition) is 4. The number of benzene rings is 1. The Morgan fingerprint density at radius 3 is 2.87 bits per heavy atom. The van der Waals surface area contributed by atoms with E-state index >= 15 is 0 Å². The quantitative estimate of drug-likeness (QED) is 0.945. The van der Waals surface area contributed by atoms with Gasteiger partial charge in [0.1, 0.15) is 5.82 Å². The molecule has 3 fully saturated rings. The van der Waals surface area contributed by atoms with Crippen LogP contribution in [0, 0.1) is 12.7 Å². The van der Waals surface area contributed by atoms with Crippen molar-refractivity contribution in [1.82, 2.24) is 15.5 Å². The van der Waals surface area contributed by atoms with Crippen molar-refractivity contribution < 1.29 is 8.91 Å². The minimum Gasteiger partial charge on any atom is -0.339 e. The summed E-state index contributed by atoms with van der Waals surface area (Å²) in [6, 6.07) is 6.08. The average molecular weight is 313 g/mol. The molecular weight excluding hydrogens is 293 g/mol. The van der Waals surface area contributed by atoms with Crippen molar-refractivity contribution in [2.75, 3.05) is 0 Å². The van der Waals surface area contributed by atoms with Crippen LogP contribution in [0.25, 0.3) is 0 Å². The molecule has 1 aromatic heterocycles. The minimum atomic E-state index is -0.237. The van der Waals surface area contributed by atoms with Crippen LogP contribution in [0.5, 0.6) is 0 Å². The summed E-state index contributed by atoms with van der Waals surface area (Å²) < 4.78 is 19.3. The van der Waals surface area contributed by atoms with Gasteiger partial charge >= 0.3 is 0 Å². The first kappa shape index (κ1) is 13.7. The molecule has 0 radical (unpaired) electrons. The van der Waals surface area contributed by atoms with E-state index < -0.39 is 0 Å². The van der Waals surface area contributed by atoms with Gasteiger partial charge in [-0.15, -0.1) is 0 Å².